The summed E-state index contributed by atoms with van der Waals surface area (Å²) in [5.74, 6) is 0.253. The van der Waals surface area contributed by atoms with Crippen molar-refractivity contribution in [3.63, 3.8) is 0 Å². The Morgan fingerprint density at radius 1 is 0.960 bits per heavy atom. The highest BCUT2D eigenvalue weighted by Gasteiger charge is 2.22. The molecule has 0 spiro atoms. The number of para-hydroxylation sites is 1. The van der Waals surface area contributed by atoms with Gasteiger partial charge in [-0.1, -0.05) is 52.0 Å². The summed E-state index contributed by atoms with van der Waals surface area (Å²) in [7, 11) is -3.94. The van der Waals surface area contributed by atoms with Gasteiger partial charge in [0.05, 0.1) is 15.5 Å². The molecule has 0 aliphatic heterocycles. The smallest absolute Gasteiger partial charge is 0.270 e. The Hall–Kier alpha value is -2.41. The molecular formula is C18H22N2O4S. The molecule has 0 saturated carbocycles. The molecule has 0 heterocycles. The number of benzene rings is 2. The van der Waals surface area contributed by atoms with Gasteiger partial charge in [-0.3, -0.25) is 14.8 Å². The van der Waals surface area contributed by atoms with E-state index in [9.17, 15) is 18.5 Å². The zero-order chi connectivity index (χ0) is 18.8. The molecule has 0 fully saturated rings. The first-order valence-electron chi connectivity index (χ1n) is 8.03. The van der Waals surface area contributed by atoms with Gasteiger partial charge in [-0.25, -0.2) is 8.42 Å². The van der Waals surface area contributed by atoms with Crippen LogP contribution in [0.5, 0.6) is 0 Å². The first kappa shape index (κ1) is 18.9. The molecule has 2 aromatic carbocycles. The second kappa shape index (κ2) is 7.23. The number of rotatable bonds is 6. The van der Waals surface area contributed by atoms with Crippen LogP contribution in [0.3, 0.4) is 0 Å². The Balaban J connectivity index is 2.55. The maximum atomic E-state index is 12.8. The number of sulfonamides is 1. The van der Waals surface area contributed by atoms with E-state index in [-0.39, 0.29) is 22.4 Å². The van der Waals surface area contributed by atoms with E-state index in [0.29, 0.717) is 5.69 Å². The number of nitro benzene ring substituents is 1. The predicted octanol–water partition coefficient (Wildman–Crippen LogP) is 4.64. The van der Waals surface area contributed by atoms with Crippen molar-refractivity contribution in [2.45, 2.75) is 44.4 Å². The van der Waals surface area contributed by atoms with Crippen molar-refractivity contribution in [2.24, 2.45) is 0 Å². The van der Waals surface area contributed by atoms with Crippen LogP contribution in [-0.2, 0) is 10.0 Å². The molecule has 134 valence electrons. The summed E-state index contributed by atoms with van der Waals surface area (Å²) in [6, 6.07) is 10.7. The summed E-state index contributed by atoms with van der Waals surface area (Å²) >= 11 is 0. The first-order valence-corrected chi connectivity index (χ1v) is 9.52. The quantitative estimate of drug-likeness (QED) is 0.598. The Bertz CT molecular complexity index is 863. The standard InChI is InChI=1S/C18H22N2O4S/c1-12(2)16-9-6-10-17(13(3)4)18(16)19-25(23,24)15-8-5-7-14(11-15)20(21)22/h5-13,19H,1-4H3. The van der Waals surface area contributed by atoms with Gasteiger partial charge in [0, 0.05) is 12.1 Å². The Morgan fingerprint density at radius 3 is 1.96 bits per heavy atom. The van der Waals surface area contributed by atoms with Crippen LogP contribution in [0.2, 0.25) is 0 Å². The van der Waals surface area contributed by atoms with Crippen LogP contribution < -0.4 is 4.72 Å². The number of nitrogens with zero attached hydrogens (tertiary/aromatic N) is 1. The van der Waals surface area contributed by atoms with Gasteiger partial charge in [-0.05, 0) is 29.0 Å². The fourth-order valence-electron chi connectivity index (χ4n) is 2.63. The maximum absolute atomic E-state index is 12.8. The van der Waals surface area contributed by atoms with Gasteiger partial charge in [-0.2, -0.15) is 0 Å². The van der Waals surface area contributed by atoms with Crippen LogP contribution >= 0.6 is 0 Å². The molecule has 0 amide bonds. The van der Waals surface area contributed by atoms with Gasteiger partial charge in [0.1, 0.15) is 0 Å². The zero-order valence-corrected chi connectivity index (χ0v) is 15.5. The largest absolute Gasteiger partial charge is 0.279 e. The molecule has 0 unspecified atom stereocenters. The van der Waals surface area contributed by atoms with Crippen LogP contribution in [0.15, 0.2) is 47.4 Å². The van der Waals surface area contributed by atoms with E-state index < -0.39 is 14.9 Å². The van der Waals surface area contributed by atoms with Crippen molar-refractivity contribution in [2.75, 3.05) is 4.72 Å². The summed E-state index contributed by atoms with van der Waals surface area (Å²) in [4.78, 5) is 10.2. The minimum absolute atomic E-state index is 0.126. The maximum Gasteiger partial charge on any atom is 0.270 e. The molecule has 7 heteroatoms. The summed E-state index contributed by atoms with van der Waals surface area (Å²) < 4.78 is 28.2. The van der Waals surface area contributed by atoms with Crippen molar-refractivity contribution in [3.8, 4) is 0 Å². The Kier molecular flexibility index (Phi) is 5.47. The fourth-order valence-corrected chi connectivity index (χ4v) is 3.78. The fraction of sp³-hybridized carbons (Fsp3) is 0.333. The third kappa shape index (κ3) is 4.17. The van der Waals surface area contributed by atoms with Gasteiger partial charge < -0.3 is 0 Å². The molecule has 25 heavy (non-hydrogen) atoms. The lowest BCUT2D eigenvalue weighted by molar-refractivity contribution is -0.385. The molecule has 0 saturated heterocycles. The number of nitro groups is 1. The number of hydrogen-bond acceptors (Lipinski definition) is 4. The van der Waals surface area contributed by atoms with E-state index in [4.69, 9.17) is 0 Å². The average molecular weight is 362 g/mol. The molecule has 0 aliphatic carbocycles. The molecule has 2 aromatic rings. The molecule has 1 N–H and O–H groups in total. The Morgan fingerprint density at radius 2 is 1.48 bits per heavy atom. The topological polar surface area (TPSA) is 89.3 Å². The summed E-state index contributed by atoms with van der Waals surface area (Å²) in [6.45, 7) is 7.96. The summed E-state index contributed by atoms with van der Waals surface area (Å²) in [6.07, 6.45) is 0. The van der Waals surface area contributed by atoms with E-state index >= 15 is 0 Å². The molecule has 2 rings (SSSR count). The average Bonchev–Trinajstić information content (AvgIpc) is 2.54. The van der Waals surface area contributed by atoms with Crippen LogP contribution in [0, 0.1) is 10.1 Å². The zero-order valence-electron chi connectivity index (χ0n) is 14.7. The minimum atomic E-state index is -3.94. The lowest BCUT2D eigenvalue weighted by Crippen LogP contribution is -2.16. The lowest BCUT2D eigenvalue weighted by Gasteiger charge is -2.20. The van der Waals surface area contributed by atoms with Crippen LogP contribution in [0.25, 0.3) is 0 Å². The van der Waals surface area contributed by atoms with Crippen molar-refractivity contribution in [1.29, 1.82) is 0 Å². The van der Waals surface area contributed by atoms with E-state index in [2.05, 4.69) is 4.72 Å². The summed E-state index contributed by atoms with van der Waals surface area (Å²) in [5, 5.41) is 10.9. The van der Waals surface area contributed by atoms with Crippen LogP contribution in [0.4, 0.5) is 11.4 Å². The second-order valence-corrected chi connectivity index (χ2v) is 8.16. The molecule has 0 bridgehead atoms. The van der Waals surface area contributed by atoms with Gasteiger partial charge in [0.25, 0.3) is 15.7 Å². The van der Waals surface area contributed by atoms with E-state index in [1.54, 1.807) is 0 Å². The number of non-ortho nitro benzene ring substituents is 1. The molecule has 0 radical (unpaired) electrons. The van der Waals surface area contributed by atoms with Crippen molar-refractivity contribution >= 4 is 21.4 Å². The van der Waals surface area contributed by atoms with E-state index in [1.165, 1.54) is 18.2 Å². The highest BCUT2D eigenvalue weighted by Crippen LogP contribution is 2.34. The summed E-state index contributed by atoms with van der Waals surface area (Å²) in [5.41, 5.74) is 2.07. The monoisotopic (exact) mass is 362 g/mol. The molecule has 0 aliphatic rings. The SMILES string of the molecule is CC(C)c1cccc(C(C)C)c1NS(=O)(=O)c1cccc([N+](=O)[O-])c1. The Labute approximate surface area is 148 Å². The minimum Gasteiger partial charge on any atom is -0.279 e. The predicted molar refractivity (Wildman–Crippen MR) is 98.5 cm³/mol. The van der Waals surface area contributed by atoms with Crippen molar-refractivity contribution in [1.82, 2.24) is 0 Å². The second-order valence-electron chi connectivity index (χ2n) is 6.48. The van der Waals surface area contributed by atoms with Crippen molar-refractivity contribution in [3.05, 3.63) is 63.7 Å². The van der Waals surface area contributed by atoms with Gasteiger partial charge in [-0.15, -0.1) is 0 Å². The van der Waals surface area contributed by atoms with Crippen LogP contribution in [0.1, 0.15) is 50.7 Å². The number of hydrogen-bond donors (Lipinski definition) is 1. The molecular weight excluding hydrogens is 340 g/mol. The lowest BCUT2D eigenvalue weighted by atomic mass is 9.93. The van der Waals surface area contributed by atoms with E-state index in [1.807, 2.05) is 45.9 Å². The third-order valence-corrected chi connectivity index (χ3v) is 5.30. The van der Waals surface area contributed by atoms with E-state index in [0.717, 1.165) is 17.2 Å². The van der Waals surface area contributed by atoms with Crippen LogP contribution in [-0.4, -0.2) is 13.3 Å². The van der Waals surface area contributed by atoms with Gasteiger partial charge >= 0.3 is 0 Å². The van der Waals surface area contributed by atoms with Gasteiger partial charge in [0.15, 0.2) is 0 Å². The van der Waals surface area contributed by atoms with Crippen molar-refractivity contribution < 1.29 is 13.3 Å². The molecule has 6 nitrogen and oxygen atoms in total. The number of nitrogens with one attached hydrogen (secondary N) is 1. The normalized spacial score (nSPS) is 11.8. The molecule has 0 atom stereocenters. The highest BCUT2D eigenvalue weighted by atomic mass is 32.2. The molecule has 0 aromatic heterocycles. The number of anilines is 1. The van der Waals surface area contributed by atoms with Gasteiger partial charge in [0.2, 0.25) is 0 Å². The highest BCUT2D eigenvalue weighted by molar-refractivity contribution is 7.92. The third-order valence-electron chi connectivity index (χ3n) is 3.95. The first-order chi connectivity index (χ1) is 11.6.